The molecule has 0 bridgehead atoms. The summed E-state index contributed by atoms with van der Waals surface area (Å²) in [5.74, 6) is 0.763. The third-order valence-corrected chi connectivity index (χ3v) is 3.13. The van der Waals surface area contributed by atoms with Crippen molar-refractivity contribution < 1.29 is 14.3 Å². The maximum absolute atomic E-state index is 11.3. The number of ether oxygens (including phenoxy) is 1. The van der Waals surface area contributed by atoms with Crippen LogP contribution in [0.2, 0.25) is 0 Å². The van der Waals surface area contributed by atoms with Gasteiger partial charge in [-0.25, -0.2) is 4.79 Å². The van der Waals surface area contributed by atoms with Crippen molar-refractivity contribution in [3.8, 4) is 0 Å². The molecule has 0 aliphatic carbocycles. The second-order valence-corrected chi connectivity index (χ2v) is 4.34. The summed E-state index contributed by atoms with van der Waals surface area (Å²) in [6.45, 7) is 0. The summed E-state index contributed by atoms with van der Waals surface area (Å²) in [5.41, 5.74) is 1.53. The van der Waals surface area contributed by atoms with Gasteiger partial charge in [0.05, 0.1) is 18.4 Å². The van der Waals surface area contributed by atoms with E-state index in [1.54, 1.807) is 19.2 Å². The molecule has 17 heavy (non-hydrogen) atoms. The Morgan fingerprint density at radius 1 is 1.41 bits per heavy atom. The van der Waals surface area contributed by atoms with Gasteiger partial charge in [-0.1, -0.05) is 12.1 Å². The van der Waals surface area contributed by atoms with Crippen LogP contribution in [0.25, 0.3) is 0 Å². The van der Waals surface area contributed by atoms with Crippen LogP contribution < -0.4 is 5.32 Å². The standard InChI is InChI=1S/C12H15NO3S/c1-13-11(14)8-17-7-9-4-3-5-10(6-9)12(15)16-2/h3-6H,7-8H2,1-2H3,(H,13,14). The van der Waals surface area contributed by atoms with Gasteiger partial charge in [0.1, 0.15) is 0 Å². The van der Waals surface area contributed by atoms with Crippen LogP contribution in [-0.2, 0) is 15.3 Å². The summed E-state index contributed by atoms with van der Waals surface area (Å²) < 4.78 is 4.64. The Morgan fingerprint density at radius 3 is 2.82 bits per heavy atom. The molecule has 0 heterocycles. The number of amides is 1. The van der Waals surface area contributed by atoms with Crippen LogP contribution in [0.4, 0.5) is 0 Å². The third-order valence-electron chi connectivity index (χ3n) is 2.13. The Balaban J connectivity index is 2.54. The van der Waals surface area contributed by atoms with Gasteiger partial charge < -0.3 is 10.1 Å². The van der Waals surface area contributed by atoms with Crippen molar-refractivity contribution in [2.75, 3.05) is 19.9 Å². The highest BCUT2D eigenvalue weighted by Gasteiger charge is 2.06. The second kappa shape index (κ2) is 6.96. The van der Waals surface area contributed by atoms with E-state index >= 15 is 0 Å². The molecule has 4 nitrogen and oxygen atoms in total. The number of carbonyl (C=O) groups is 2. The lowest BCUT2D eigenvalue weighted by atomic mass is 10.1. The zero-order valence-electron chi connectivity index (χ0n) is 9.86. The summed E-state index contributed by atoms with van der Waals surface area (Å²) in [5, 5.41) is 2.56. The van der Waals surface area contributed by atoms with Crippen molar-refractivity contribution in [3.63, 3.8) is 0 Å². The van der Waals surface area contributed by atoms with E-state index in [1.807, 2.05) is 12.1 Å². The van der Waals surface area contributed by atoms with E-state index in [2.05, 4.69) is 10.1 Å². The summed E-state index contributed by atoms with van der Waals surface area (Å²) in [6, 6.07) is 7.22. The van der Waals surface area contributed by atoms with E-state index < -0.39 is 0 Å². The molecule has 0 saturated heterocycles. The predicted molar refractivity (Wildman–Crippen MR) is 68.0 cm³/mol. The maximum Gasteiger partial charge on any atom is 0.337 e. The first-order chi connectivity index (χ1) is 8.17. The first-order valence-corrected chi connectivity index (χ1v) is 6.28. The summed E-state index contributed by atoms with van der Waals surface area (Å²) in [6.07, 6.45) is 0. The molecule has 0 radical (unpaired) electrons. The molecule has 1 N–H and O–H groups in total. The Labute approximate surface area is 105 Å². The molecule has 0 aromatic heterocycles. The average molecular weight is 253 g/mol. The minimum Gasteiger partial charge on any atom is -0.465 e. The number of benzene rings is 1. The van der Waals surface area contributed by atoms with Gasteiger partial charge in [0, 0.05) is 12.8 Å². The minimum atomic E-state index is -0.344. The lowest BCUT2D eigenvalue weighted by Gasteiger charge is -2.04. The fraction of sp³-hybridized carbons (Fsp3) is 0.333. The van der Waals surface area contributed by atoms with E-state index in [0.29, 0.717) is 17.1 Å². The number of rotatable bonds is 5. The van der Waals surface area contributed by atoms with Crippen molar-refractivity contribution >= 4 is 23.6 Å². The highest BCUT2D eigenvalue weighted by molar-refractivity contribution is 7.99. The number of carbonyl (C=O) groups excluding carboxylic acids is 2. The molecule has 0 saturated carbocycles. The Morgan fingerprint density at radius 2 is 2.18 bits per heavy atom. The van der Waals surface area contributed by atoms with Crippen molar-refractivity contribution in [2.45, 2.75) is 5.75 Å². The zero-order valence-corrected chi connectivity index (χ0v) is 10.7. The molecule has 0 unspecified atom stereocenters. The average Bonchev–Trinajstić information content (AvgIpc) is 2.38. The first kappa shape index (κ1) is 13.6. The number of methoxy groups -OCH3 is 1. The van der Waals surface area contributed by atoms with E-state index in [1.165, 1.54) is 18.9 Å². The molecule has 92 valence electrons. The van der Waals surface area contributed by atoms with E-state index in [0.717, 1.165) is 5.56 Å². The van der Waals surface area contributed by atoms with Crippen LogP contribution in [0, 0.1) is 0 Å². The van der Waals surface area contributed by atoms with Crippen molar-refractivity contribution in [1.82, 2.24) is 5.32 Å². The van der Waals surface area contributed by atoms with Crippen molar-refractivity contribution in [3.05, 3.63) is 35.4 Å². The van der Waals surface area contributed by atoms with E-state index in [4.69, 9.17) is 0 Å². The highest BCUT2D eigenvalue weighted by Crippen LogP contribution is 2.14. The molecule has 0 aliphatic rings. The van der Waals surface area contributed by atoms with Crippen LogP contribution in [0.15, 0.2) is 24.3 Å². The van der Waals surface area contributed by atoms with Crippen molar-refractivity contribution in [1.29, 1.82) is 0 Å². The monoisotopic (exact) mass is 253 g/mol. The molecule has 0 fully saturated rings. The number of hydrogen-bond acceptors (Lipinski definition) is 4. The van der Waals surface area contributed by atoms with Crippen LogP contribution in [-0.4, -0.2) is 31.8 Å². The molecular weight excluding hydrogens is 238 g/mol. The van der Waals surface area contributed by atoms with Gasteiger partial charge >= 0.3 is 5.97 Å². The molecule has 5 heteroatoms. The number of thioether (sulfide) groups is 1. The molecular formula is C12H15NO3S. The lowest BCUT2D eigenvalue weighted by molar-refractivity contribution is -0.118. The summed E-state index contributed by atoms with van der Waals surface area (Å²) in [4.78, 5) is 22.3. The van der Waals surface area contributed by atoms with Gasteiger partial charge in [-0.2, -0.15) is 0 Å². The summed E-state index contributed by atoms with van der Waals surface area (Å²) in [7, 11) is 2.97. The van der Waals surface area contributed by atoms with E-state index in [-0.39, 0.29) is 11.9 Å². The smallest absolute Gasteiger partial charge is 0.337 e. The lowest BCUT2D eigenvalue weighted by Crippen LogP contribution is -2.19. The molecule has 1 aromatic rings. The Bertz CT molecular complexity index is 406. The zero-order chi connectivity index (χ0) is 12.7. The van der Waals surface area contributed by atoms with Crippen LogP contribution in [0.1, 0.15) is 15.9 Å². The predicted octanol–water partition coefficient (Wildman–Crippen LogP) is 1.45. The van der Waals surface area contributed by atoms with E-state index in [9.17, 15) is 9.59 Å². The van der Waals surface area contributed by atoms with Gasteiger partial charge in [0.2, 0.25) is 5.91 Å². The van der Waals surface area contributed by atoms with Crippen LogP contribution >= 0.6 is 11.8 Å². The maximum atomic E-state index is 11.3. The summed E-state index contributed by atoms with van der Waals surface area (Å²) >= 11 is 1.50. The molecule has 0 atom stereocenters. The largest absolute Gasteiger partial charge is 0.465 e. The highest BCUT2D eigenvalue weighted by atomic mass is 32.2. The van der Waals surface area contributed by atoms with Gasteiger partial charge in [-0.05, 0) is 17.7 Å². The van der Waals surface area contributed by atoms with Crippen molar-refractivity contribution in [2.24, 2.45) is 0 Å². The Hall–Kier alpha value is -1.49. The second-order valence-electron chi connectivity index (χ2n) is 3.36. The van der Waals surface area contributed by atoms with Crippen LogP contribution in [0.3, 0.4) is 0 Å². The molecule has 0 spiro atoms. The fourth-order valence-corrected chi connectivity index (χ4v) is 2.09. The quantitative estimate of drug-likeness (QED) is 0.807. The molecule has 0 aliphatic heterocycles. The Kier molecular flexibility index (Phi) is 5.56. The molecule has 1 rings (SSSR count). The normalized spacial score (nSPS) is 9.76. The SMILES string of the molecule is CNC(=O)CSCc1cccc(C(=O)OC)c1. The molecule has 1 aromatic carbocycles. The minimum absolute atomic E-state index is 0.000812. The van der Waals surface area contributed by atoms with Gasteiger partial charge in [-0.3, -0.25) is 4.79 Å². The third kappa shape index (κ3) is 4.48. The fourth-order valence-electron chi connectivity index (χ4n) is 1.24. The number of hydrogen-bond donors (Lipinski definition) is 1. The first-order valence-electron chi connectivity index (χ1n) is 5.13. The number of nitrogens with one attached hydrogen (secondary N) is 1. The molecule has 1 amide bonds. The topological polar surface area (TPSA) is 55.4 Å². The number of esters is 1. The van der Waals surface area contributed by atoms with Gasteiger partial charge in [0.15, 0.2) is 0 Å². The van der Waals surface area contributed by atoms with Gasteiger partial charge in [-0.15, -0.1) is 11.8 Å². The van der Waals surface area contributed by atoms with Gasteiger partial charge in [0.25, 0.3) is 0 Å². The van der Waals surface area contributed by atoms with Crippen LogP contribution in [0.5, 0.6) is 0 Å².